The average Bonchev–Trinajstić information content (AvgIpc) is 2.81. The molecule has 0 radical (unpaired) electrons. The van der Waals surface area contributed by atoms with E-state index >= 15 is 0 Å². The maximum Gasteiger partial charge on any atom is 0.246 e. The van der Waals surface area contributed by atoms with Gasteiger partial charge in [-0.2, -0.15) is 16.1 Å². The summed E-state index contributed by atoms with van der Waals surface area (Å²) in [6.45, 7) is 0. The minimum absolute atomic E-state index is 0.0567. The first-order valence-electron chi connectivity index (χ1n) is 5.19. The molecule has 2 heterocycles. The molecule has 94 valence electrons. The standard InChI is InChI=1S/C10H13ClN2O2S2/c1-13(8-3-5-16-7-8)17(14,15)10-6-12-4-2-9(10)11/h2,4,6,8H,3,5,7H2,1H3. The van der Waals surface area contributed by atoms with Crippen LogP contribution in [0, 0.1) is 0 Å². The lowest BCUT2D eigenvalue weighted by Crippen LogP contribution is -2.37. The predicted octanol–water partition coefficient (Wildman–Crippen LogP) is 1.86. The molecule has 7 heteroatoms. The summed E-state index contributed by atoms with van der Waals surface area (Å²) in [7, 11) is -1.92. The van der Waals surface area contributed by atoms with E-state index in [2.05, 4.69) is 4.98 Å². The second-order valence-corrected chi connectivity index (χ2v) is 7.37. The summed E-state index contributed by atoms with van der Waals surface area (Å²) in [6, 6.07) is 1.55. The molecule has 0 aromatic carbocycles. The third-order valence-corrected chi connectivity index (χ3v) is 6.34. The molecular formula is C10H13ClN2O2S2. The first-order valence-corrected chi connectivity index (χ1v) is 8.16. The van der Waals surface area contributed by atoms with Crippen LogP contribution in [0.25, 0.3) is 0 Å². The lowest BCUT2D eigenvalue weighted by atomic mass is 10.3. The molecule has 1 unspecified atom stereocenters. The van der Waals surface area contributed by atoms with Crippen molar-refractivity contribution in [1.29, 1.82) is 0 Å². The second kappa shape index (κ2) is 5.14. The van der Waals surface area contributed by atoms with Crippen LogP contribution in [0.15, 0.2) is 23.4 Å². The Kier molecular flexibility index (Phi) is 3.97. The van der Waals surface area contributed by atoms with E-state index in [9.17, 15) is 8.42 Å². The topological polar surface area (TPSA) is 50.3 Å². The lowest BCUT2D eigenvalue weighted by molar-refractivity contribution is 0.394. The van der Waals surface area contributed by atoms with E-state index < -0.39 is 10.0 Å². The number of halogens is 1. The summed E-state index contributed by atoms with van der Waals surface area (Å²) in [5.74, 6) is 1.85. The normalized spacial score (nSPS) is 21.0. The van der Waals surface area contributed by atoms with E-state index in [-0.39, 0.29) is 16.0 Å². The number of pyridine rings is 1. The van der Waals surface area contributed by atoms with Gasteiger partial charge in [-0.15, -0.1) is 0 Å². The third kappa shape index (κ3) is 2.59. The van der Waals surface area contributed by atoms with E-state index in [0.29, 0.717) is 0 Å². The molecule has 0 N–H and O–H groups in total. The third-order valence-electron chi connectivity index (χ3n) is 2.81. The lowest BCUT2D eigenvalue weighted by Gasteiger charge is -2.23. The summed E-state index contributed by atoms with van der Waals surface area (Å²) >= 11 is 7.68. The maximum atomic E-state index is 12.3. The number of hydrogen-bond acceptors (Lipinski definition) is 4. The Morgan fingerprint density at radius 2 is 2.35 bits per heavy atom. The first kappa shape index (κ1) is 13.1. The van der Waals surface area contributed by atoms with Crippen LogP contribution in [0.4, 0.5) is 0 Å². The van der Waals surface area contributed by atoms with Crippen LogP contribution in [-0.4, -0.2) is 42.3 Å². The van der Waals surface area contributed by atoms with Crippen LogP contribution in [0.1, 0.15) is 6.42 Å². The van der Waals surface area contributed by atoms with Crippen molar-refractivity contribution in [2.45, 2.75) is 17.4 Å². The number of thioether (sulfide) groups is 1. The van der Waals surface area contributed by atoms with Crippen molar-refractivity contribution in [3.05, 3.63) is 23.5 Å². The fourth-order valence-corrected chi connectivity index (χ4v) is 4.86. The number of hydrogen-bond donors (Lipinski definition) is 0. The highest BCUT2D eigenvalue weighted by atomic mass is 35.5. The molecule has 1 aliphatic rings. The highest BCUT2D eigenvalue weighted by Crippen LogP contribution is 2.28. The number of nitrogens with zero attached hydrogens (tertiary/aromatic N) is 2. The molecule has 0 spiro atoms. The largest absolute Gasteiger partial charge is 0.263 e. The van der Waals surface area contributed by atoms with Gasteiger partial charge in [-0.3, -0.25) is 4.98 Å². The van der Waals surface area contributed by atoms with Crippen molar-refractivity contribution in [2.24, 2.45) is 0 Å². The van der Waals surface area contributed by atoms with Crippen LogP contribution in [-0.2, 0) is 10.0 Å². The predicted molar refractivity (Wildman–Crippen MR) is 69.9 cm³/mol. The quantitative estimate of drug-likeness (QED) is 0.853. The molecule has 0 bridgehead atoms. The van der Waals surface area contributed by atoms with Gasteiger partial charge in [0.25, 0.3) is 0 Å². The Hall–Kier alpha value is -0.300. The summed E-state index contributed by atoms with van der Waals surface area (Å²) in [4.78, 5) is 3.91. The summed E-state index contributed by atoms with van der Waals surface area (Å²) in [5, 5.41) is 0.220. The smallest absolute Gasteiger partial charge is 0.246 e. The monoisotopic (exact) mass is 292 g/mol. The second-order valence-electron chi connectivity index (χ2n) is 3.84. The Labute approximate surface area is 110 Å². The number of rotatable bonds is 3. The fraction of sp³-hybridized carbons (Fsp3) is 0.500. The van der Waals surface area contributed by atoms with Gasteiger partial charge in [0.2, 0.25) is 10.0 Å². The van der Waals surface area contributed by atoms with Gasteiger partial charge in [0.15, 0.2) is 0 Å². The average molecular weight is 293 g/mol. The first-order chi connectivity index (χ1) is 8.03. The van der Waals surface area contributed by atoms with Gasteiger partial charge < -0.3 is 0 Å². The summed E-state index contributed by atoms with van der Waals surface area (Å²) < 4.78 is 26.1. The van der Waals surface area contributed by atoms with Gasteiger partial charge in [0.05, 0.1) is 5.02 Å². The van der Waals surface area contributed by atoms with E-state index in [1.54, 1.807) is 18.8 Å². The maximum absolute atomic E-state index is 12.3. The van der Waals surface area contributed by atoms with Gasteiger partial charge in [0.1, 0.15) is 4.90 Å². The van der Waals surface area contributed by atoms with E-state index in [0.717, 1.165) is 17.9 Å². The zero-order chi connectivity index (χ0) is 12.5. The van der Waals surface area contributed by atoms with Crippen LogP contribution in [0.5, 0.6) is 0 Å². The Bertz CT molecular complexity index is 501. The van der Waals surface area contributed by atoms with Crippen molar-refractivity contribution >= 4 is 33.4 Å². The number of sulfonamides is 1. The van der Waals surface area contributed by atoms with E-state index in [1.165, 1.54) is 22.8 Å². The van der Waals surface area contributed by atoms with Gasteiger partial charge in [0, 0.05) is 31.2 Å². The molecule has 2 rings (SSSR count). The molecule has 1 saturated heterocycles. The molecular weight excluding hydrogens is 280 g/mol. The minimum Gasteiger partial charge on any atom is -0.263 e. The van der Waals surface area contributed by atoms with Gasteiger partial charge in [-0.1, -0.05) is 11.6 Å². The molecule has 4 nitrogen and oxygen atoms in total. The summed E-state index contributed by atoms with van der Waals surface area (Å²) in [6.07, 6.45) is 3.67. The number of aromatic nitrogens is 1. The Morgan fingerprint density at radius 1 is 1.59 bits per heavy atom. The molecule has 0 amide bonds. The van der Waals surface area contributed by atoms with Gasteiger partial charge in [-0.25, -0.2) is 8.42 Å². The zero-order valence-electron chi connectivity index (χ0n) is 9.34. The summed E-state index contributed by atoms with van der Waals surface area (Å²) in [5.41, 5.74) is 0. The highest BCUT2D eigenvalue weighted by molar-refractivity contribution is 7.99. The van der Waals surface area contributed by atoms with Crippen LogP contribution in [0.3, 0.4) is 0 Å². The molecule has 1 aromatic rings. The molecule has 17 heavy (non-hydrogen) atoms. The molecule has 1 aliphatic heterocycles. The van der Waals surface area contributed by atoms with Crippen LogP contribution in [0.2, 0.25) is 5.02 Å². The van der Waals surface area contributed by atoms with Gasteiger partial charge in [-0.05, 0) is 18.2 Å². The SMILES string of the molecule is CN(C1CCSC1)S(=O)(=O)c1cnccc1Cl. The van der Waals surface area contributed by atoms with Crippen molar-refractivity contribution in [1.82, 2.24) is 9.29 Å². The van der Waals surface area contributed by atoms with Crippen LogP contribution >= 0.6 is 23.4 Å². The fourth-order valence-electron chi connectivity index (χ4n) is 1.71. The highest BCUT2D eigenvalue weighted by Gasteiger charge is 2.31. The Morgan fingerprint density at radius 3 is 2.94 bits per heavy atom. The molecule has 0 saturated carbocycles. The molecule has 1 aromatic heterocycles. The van der Waals surface area contributed by atoms with Crippen molar-refractivity contribution < 1.29 is 8.42 Å². The van der Waals surface area contributed by atoms with E-state index in [4.69, 9.17) is 11.6 Å². The molecule has 0 aliphatic carbocycles. The Balaban J connectivity index is 2.33. The van der Waals surface area contributed by atoms with Crippen molar-refractivity contribution in [2.75, 3.05) is 18.6 Å². The molecule has 1 fully saturated rings. The van der Waals surface area contributed by atoms with Crippen molar-refractivity contribution in [3.8, 4) is 0 Å². The molecule has 1 atom stereocenters. The van der Waals surface area contributed by atoms with Gasteiger partial charge >= 0.3 is 0 Å². The van der Waals surface area contributed by atoms with Crippen molar-refractivity contribution in [3.63, 3.8) is 0 Å². The minimum atomic E-state index is -3.53. The van der Waals surface area contributed by atoms with E-state index in [1.807, 2.05) is 0 Å². The van der Waals surface area contributed by atoms with Crippen LogP contribution < -0.4 is 0 Å². The zero-order valence-corrected chi connectivity index (χ0v) is 11.7.